The zero-order chi connectivity index (χ0) is 19.8. The van der Waals surface area contributed by atoms with Gasteiger partial charge in [-0.2, -0.15) is 0 Å². The molecule has 2 saturated heterocycles. The van der Waals surface area contributed by atoms with Crippen molar-refractivity contribution in [2.24, 2.45) is 5.73 Å². The average molecular weight is 377 g/mol. The lowest BCUT2D eigenvalue weighted by Crippen LogP contribution is -2.60. The molecule has 1 spiro atoms. The minimum absolute atomic E-state index is 0.00948. The van der Waals surface area contributed by atoms with E-state index >= 15 is 0 Å². The summed E-state index contributed by atoms with van der Waals surface area (Å²) in [4.78, 5) is 28.3. The van der Waals surface area contributed by atoms with E-state index in [0.29, 0.717) is 6.42 Å². The van der Waals surface area contributed by atoms with E-state index in [9.17, 15) is 9.59 Å². The molecule has 0 aromatic carbocycles. The van der Waals surface area contributed by atoms with Crippen LogP contribution < -0.4 is 11.1 Å². The van der Waals surface area contributed by atoms with Crippen molar-refractivity contribution in [3.05, 3.63) is 23.2 Å². The molecule has 0 unspecified atom stereocenters. The van der Waals surface area contributed by atoms with Crippen LogP contribution in [0.3, 0.4) is 0 Å². The predicted octanol–water partition coefficient (Wildman–Crippen LogP) is 1.46. The van der Waals surface area contributed by atoms with E-state index in [1.54, 1.807) is 6.07 Å². The second-order valence-electron chi connectivity index (χ2n) is 9.04. The van der Waals surface area contributed by atoms with Crippen LogP contribution >= 0.6 is 0 Å². The largest absolute Gasteiger partial charge is 0.455 e. The van der Waals surface area contributed by atoms with E-state index in [-0.39, 0.29) is 22.6 Å². The van der Waals surface area contributed by atoms with Gasteiger partial charge in [-0.3, -0.25) is 19.4 Å². The number of furan rings is 1. The number of hydrogen-bond donors (Lipinski definition) is 2. The number of rotatable bonds is 3. The molecular formula is C20H32N4O3. The zero-order valence-electron chi connectivity index (χ0n) is 16.9. The second kappa shape index (κ2) is 7.28. The van der Waals surface area contributed by atoms with Gasteiger partial charge in [0.2, 0.25) is 5.91 Å². The molecule has 2 amide bonds. The standard InChI is InChI=1S/C20H32N4O3/c1-19(2,3)17-14(11-15(27-17)18(21)26)12-24-10-9-23(4)20(13-24)6-5-16(25)22-8-7-20/h11H,5-10,12-13H2,1-4H3,(H2,21,26)(H,22,25)/t20-/m0/s1. The maximum Gasteiger partial charge on any atom is 0.284 e. The number of amides is 2. The van der Waals surface area contributed by atoms with Crippen molar-refractivity contribution in [1.82, 2.24) is 15.1 Å². The first kappa shape index (κ1) is 19.9. The smallest absolute Gasteiger partial charge is 0.284 e. The minimum Gasteiger partial charge on any atom is -0.455 e. The summed E-state index contributed by atoms with van der Waals surface area (Å²) in [6.45, 7) is 10.5. The Labute approximate surface area is 161 Å². The fraction of sp³-hybridized carbons (Fsp3) is 0.700. The molecule has 0 radical (unpaired) electrons. The number of carbonyl (C=O) groups is 2. The number of nitrogens with two attached hydrogens (primary N) is 1. The number of primary amides is 1. The Morgan fingerprint density at radius 1 is 1.33 bits per heavy atom. The summed E-state index contributed by atoms with van der Waals surface area (Å²) < 4.78 is 5.81. The van der Waals surface area contributed by atoms with E-state index in [2.05, 4.69) is 42.9 Å². The lowest BCUT2D eigenvalue weighted by Gasteiger charge is -2.49. The second-order valence-corrected chi connectivity index (χ2v) is 9.04. The molecule has 7 heteroatoms. The third kappa shape index (κ3) is 4.19. The molecule has 7 nitrogen and oxygen atoms in total. The first-order chi connectivity index (χ1) is 12.6. The van der Waals surface area contributed by atoms with Gasteiger partial charge in [0.05, 0.1) is 0 Å². The Kier molecular flexibility index (Phi) is 5.36. The minimum atomic E-state index is -0.532. The van der Waals surface area contributed by atoms with E-state index in [0.717, 1.165) is 56.9 Å². The Hall–Kier alpha value is -1.86. The van der Waals surface area contributed by atoms with Crippen LogP contribution in [0.25, 0.3) is 0 Å². The predicted molar refractivity (Wildman–Crippen MR) is 103 cm³/mol. The SMILES string of the molecule is CN1CCN(Cc2cc(C(N)=O)oc2C(C)(C)C)C[C@]12CCNC(=O)CC2. The third-order valence-electron chi connectivity index (χ3n) is 5.94. The van der Waals surface area contributed by atoms with Crippen molar-refractivity contribution in [3.63, 3.8) is 0 Å². The van der Waals surface area contributed by atoms with E-state index in [1.165, 1.54) is 0 Å². The fourth-order valence-electron chi connectivity index (χ4n) is 4.36. The van der Waals surface area contributed by atoms with Crippen LogP contribution in [0, 0.1) is 0 Å². The van der Waals surface area contributed by atoms with Gasteiger partial charge in [0.25, 0.3) is 5.91 Å². The van der Waals surface area contributed by atoms with Gasteiger partial charge in [-0.15, -0.1) is 0 Å². The van der Waals surface area contributed by atoms with Gasteiger partial charge in [-0.1, -0.05) is 20.8 Å². The van der Waals surface area contributed by atoms with Crippen LogP contribution in [0.2, 0.25) is 0 Å². The summed E-state index contributed by atoms with van der Waals surface area (Å²) in [5.41, 5.74) is 6.27. The molecule has 1 atom stereocenters. The molecule has 2 aliphatic rings. The number of nitrogens with zero attached hydrogens (tertiary/aromatic N) is 2. The molecule has 2 fully saturated rings. The molecular weight excluding hydrogens is 344 g/mol. The van der Waals surface area contributed by atoms with Crippen LogP contribution in [0.4, 0.5) is 0 Å². The maximum atomic E-state index is 11.8. The van der Waals surface area contributed by atoms with Gasteiger partial charge in [0, 0.05) is 55.7 Å². The van der Waals surface area contributed by atoms with Gasteiger partial charge in [0.15, 0.2) is 5.76 Å². The van der Waals surface area contributed by atoms with Gasteiger partial charge in [-0.25, -0.2) is 0 Å². The van der Waals surface area contributed by atoms with Gasteiger partial charge in [-0.05, 0) is 26.0 Å². The number of carbonyl (C=O) groups excluding carboxylic acids is 2. The maximum absolute atomic E-state index is 11.8. The topological polar surface area (TPSA) is 91.8 Å². The summed E-state index contributed by atoms with van der Waals surface area (Å²) in [5.74, 6) is 0.660. The summed E-state index contributed by atoms with van der Waals surface area (Å²) in [6.07, 6.45) is 2.40. The van der Waals surface area contributed by atoms with Crippen molar-refractivity contribution in [1.29, 1.82) is 0 Å². The van der Waals surface area contributed by atoms with Gasteiger partial charge < -0.3 is 15.5 Å². The Balaban J connectivity index is 1.82. The molecule has 0 saturated carbocycles. The number of piperazine rings is 1. The fourth-order valence-corrected chi connectivity index (χ4v) is 4.36. The highest BCUT2D eigenvalue weighted by molar-refractivity contribution is 5.90. The van der Waals surface area contributed by atoms with Crippen LogP contribution in [-0.4, -0.2) is 60.4 Å². The van der Waals surface area contributed by atoms with Gasteiger partial charge in [0.1, 0.15) is 5.76 Å². The third-order valence-corrected chi connectivity index (χ3v) is 5.94. The molecule has 0 aliphatic carbocycles. The lowest BCUT2D eigenvalue weighted by molar-refractivity contribution is -0.121. The number of hydrogen-bond acceptors (Lipinski definition) is 5. The molecule has 3 rings (SSSR count). The van der Waals surface area contributed by atoms with E-state index in [4.69, 9.17) is 10.2 Å². The molecule has 1 aromatic rings. The zero-order valence-corrected chi connectivity index (χ0v) is 16.9. The molecule has 150 valence electrons. The van der Waals surface area contributed by atoms with Crippen LogP contribution in [-0.2, 0) is 16.8 Å². The molecule has 2 aliphatic heterocycles. The highest BCUT2D eigenvalue weighted by atomic mass is 16.4. The van der Waals surface area contributed by atoms with Crippen LogP contribution in [0.15, 0.2) is 10.5 Å². The molecule has 0 bridgehead atoms. The number of nitrogens with one attached hydrogen (secondary N) is 1. The normalized spacial score (nSPS) is 25.4. The lowest BCUT2D eigenvalue weighted by atomic mass is 9.85. The van der Waals surface area contributed by atoms with E-state index in [1.807, 2.05) is 0 Å². The molecule has 27 heavy (non-hydrogen) atoms. The summed E-state index contributed by atoms with van der Waals surface area (Å²) in [5, 5.41) is 3.00. The Bertz CT molecular complexity index is 721. The van der Waals surface area contributed by atoms with Crippen LogP contribution in [0.1, 0.15) is 61.9 Å². The van der Waals surface area contributed by atoms with E-state index < -0.39 is 5.91 Å². The van der Waals surface area contributed by atoms with Gasteiger partial charge >= 0.3 is 0 Å². The summed E-state index contributed by atoms with van der Waals surface area (Å²) >= 11 is 0. The van der Waals surface area contributed by atoms with Crippen molar-refractivity contribution >= 4 is 11.8 Å². The Morgan fingerprint density at radius 2 is 2.07 bits per heavy atom. The highest BCUT2D eigenvalue weighted by Gasteiger charge is 2.41. The monoisotopic (exact) mass is 376 g/mol. The Morgan fingerprint density at radius 3 is 2.74 bits per heavy atom. The number of likely N-dealkylation sites (N-methyl/N-ethyl adjacent to an activating group) is 1. The average Bonchev–Trinajstić information content (AvgIpc) is 2.92. The van der Waals surface area contributed by atoms with Crippen molar-refractivity contribution < 1.29 is 14.0 Å². The summed E-state index contributed by atoms with van der Waals surface area (Å²) in [7, 11) is 2.16. The summed E-state index contributed by atoms with van der Waals surface area (Å²) in [6, 6.07) is 1.80. The first-order valence-corrected chi connectivity index (χ1v) is 9.74. The van der Waals surface area contributed by atoms with Crippen molar-refractivity contribution in [3.8, 4) is 0 Å². The molecule has 3 N–H and O–H groups in total. The van der Waals surface area contributed by atoms with Crippen molar-refractivity contribution in [2.75, 3.05) is 33.2 Å². The van der Waals surface area contributed by atoms with Crippen molar-refractivity contribution in [2.45, 2.75) is 57.5 Å². The molecule has 1 aromatic heterocycles. The first-order valence-electron chi connectivity index (χ1n) is 9.74. The molecule has 3 heterocycles. The van der Waals surface area contributed by atoms with Crippen LogP contribution in [0.5, 0.6) is 0 Å². The highest BCUT2D eigenvalue weighted by Crippen LogP contribution is 2.33. The quantitative estimate of drug-likeness (QED) is 0.833.